The molecule has 92 valence electrons. The predicted octanol–water partition coefficient (Wildman–Crippen LogP) is 2.05. The summed E-state index contributed by atoms with van der Waals surface area (Å²) in [6, 6.07) is 7.09. The average Bonchev–Trinajstić information content (AvgIpc) is 2.29. The molecule has 2 N–H and O–H groups in total. The molecule has 1 aromatic carbocycles. The number of fused-ring (bicyclic) bond motifs is 1. The Balaban J connectivity index is 2.07. The van der Waals surface area contributed by atoms with Crippen LogP contribution in [-0.4, -0.2) is 14.1 Å². The van der Waals surface area contributed by atoms with E-state index in [2.05, 4.69) is 10.0 Å². The second-order valence-electron chi connectivity index (χ2n) is 4.87. The molecule has 0 saturated heterocycles. The van der Waals surface area contributed by atoms with Crippen molar-refractivity contribution in [2.24, 2.45) is 0 Å². The molecular weight excluding hydrogens is 236 g/mol. The van der Waals surface area contributed by atoms with Gasteiger partial charge in [0.05, 0.1) is 5.69 Å². The van der Waals surface area contributed by atoms with Crippen molar-refractivity contribution in [3.05, 3.63) is 24.3 Å². The molecule has 0 radical (unpaired) electrons. The van der Waals surface area contributed by atoms with E-state index >= 15 is 0 Å². The molecule has 1 aliphatic carbocycles. The topological polar surface area (TPSA) is 58.2 Å². The summed E-state index contributed by atoms with van der Waals surface area (Å²) in [5.74, 6) is 0. The van der Waals surface area contributed by atoms with E-state index in [1.165, 1.54) is 6.42 Å². The van der Waals surface area contributed by atoms with Crippen LogP contribution in [0.5, 0.6) is 0 Å². The summed E-state index contributed by atoms with van der Waals surface area (Å²) in [5.41, 5.74) is 0.277. The van der Waals surface area contributed by atoms with Gasteiger partial charge in [0.2, 0.25) is 10.0 Å². The van der Waals surface area contributed by atoms with Crippen LogP contribution in [0.25, 0.3) is 0 Å². The highest BCUT2D eigenvalue weighted by atomic mass is 32.2. The van der Waals surface area contributed by atoms with Gasteiger partial charge in [-0.15, -0.1) is 0 Å². The van der Waals surface area contributed by atoms with Gasteiger partial charge < -0.3 is 5.32 Å². The van der Waals surface area contributed by atoms with Gasteiger partial charge in [0.25, 0.3) is 0 Å². The molecule has 1 aromatic rings. The Kier molecular flexibility index (Phi) is 2.41. The largest absolute Gasteiger partial charge is 0.365 e. The fourth-order valence-corrected chi connectivity index (χ4v) is 4.33. The van der Waals surface area contributed by atoms with Crippen molar-refractivity contribution < 1.29 is 8.42 Å². The number of hydrogen-bond acceptors (Lipinski definition) is 3. The summed E-state index contributed by atoms with van der Waals surface area (Å²) in [5, 5.41) is 3.38. The molecule has 4 nitrogen and oxygen atoms in total. The summed E-state index contributed by atoms with van der Waals surface area (Å²) < 4.78 is 27.2. The van der Waals surface area contributed by atoms with Crippen molar-refractivity contribution in [1.29, 1.82) is 0 Å². The highest BCUT2D eigenvalue weighted by Crippen LogP contribution is 2.36. The molecule has 1 saturated carbocycles. The molecule has 0 amide bonds. The molecular formula is C12H16N2O2S. The maximum atomic E-state index is 12.2. The molecule has 1 spiro atoms. The van der Waals surface area contributed by atoms with Crippen molar-refractivity contribution in [2.75, 3.05) is 5.32 Å². The van der Waals surface area contributed by atoms with Gasteiger partial charge in [0.1, 0.15) is 10.6 Å². The van der Waals surface area contributed by atoms with E-state index in [9.17, 15) is 8.42 Å². The van der Waals surface area contributed by atoms with Crippen LogP contribution < -0.4 is 10.0 Å². The Morgan fingerprint density at radius 1 is 1.06 bits per heavy atom. The third-order valence-electron chi connectivity index (χ3n) is 3.59. The highest BCUT2D eigenvalue weighted by molar-refractivity contribution is 7.89. The summed E-state index contributed by atoms with van der Waals surface area (Å²) in [7, 11) is -3.36. The monoisotopic (exact) mass is 252 g/mol. The number of nitrogens with one attached hydrogen (secondary N) is 2. The smallest absolute Gasteiger partial charge is 0.244 e. The van der Waals surface area contributed by atoms with Crippen molar-refractivity contribution >= 4 is 15.7 Å². The SMILES string of the molecule is O=S1(=O)NC2(CCCCC2)Nc2ccccc21. The number of benzene rings is 1. The van der Waals surface area contributed by atoms with Gasteiger partial charge in [-0.3, -0.25) is 0 Å². The minimum absolute atomic E-state index is 0.358. The van der Waals surface area contributed by atoms with Crippen LogP contribution in [0.15, 0.2) is 29.2 Å². The van der Waals surface area contributed by atoms with E-state index < -0.39 is 15.7 Å². The van der Waals surface area contributed by atoms with E-state index in [1.807, 2.05) is 12.1 Å². The molecule has 1 heterocycles. The lowest BCUT2D eigenvalue weighted by atomic mass is 9.89. The Morgan fingerprint density at radius 2 is 1.76 bits per heavy atom. The van der Waals surface area contributed by atoms with Crippen LogP contribution >= 0.6 is 0 Å². The fraction of sp³-hybridized carbons (Fsp3) is 0.500. The fourth-order valence-electron chi connectivity index (χ4n) is 2.78. The average molecular weight is 252 g/mol. The van der Waals surface area contributed by atoms with Gasteiger partial charge >= 0.3 is 0 Å². The summed E-state index contributed by atoms with van der Waals surface area (Å²) in [6.07, 6.45) is 5.04. The third kappa shape index (κ3) is 1.83. The van der Waals surface area contributed by atoms with Crippen molar-refractivity contribution in [1.82, 2.24) is 4.72 Å². The maximum Gasteiger partial charge on any atom is 0.244 e. The third-order valence-corrected chi connectivity index (χ3v) is 5.18. The Labute approximate surface area is 101 Å². The molecule has 3 rings (SSSR count). The molecule has 1 aliphatic heterocycles. The van der Waals surface area contributed by atoms with Crippen LogP contribution in [0.1, 0.15) is 32.1 Å². The van der Waals surface area contributed by atoms with Gasteiger partial charge in [-0.25, -0.2) is 8.42 Å². The molecule has 1 fully saturated rings. The van der Waals surface area contributed by atoms with E-state index in [0.717, 1.165) is 31.4 Å². The lowest BCUT2D eigenvalue weighted by Gasteiger charge is -2.42. The summed E-state index contributed by atoms with van der Waals surface area (Å²) >= 11 is 0. The first-order valence-electron chi connectivity index (χ1n) is 6.03. The zero-order valence-corrected chi connectivity index (χ0v) is 10.4. The lowest BCUT2D eigenvalue weighted by Crippen LogP contribution is -2.58. The number of sulfonamides is 1. The number of rotatable bonds is 0. The normalized spacial score (nSPS) is 24.9. The first-order valence-corrected chi connectivity index (χ1v) is 7.51. The second-order valence-corrected chi connectivity index (χ2v) is 6.52. The Morgan fingerprint density at radius 3 is 2.53 bits per heavy atom. The lowest BCUT2D eigenvalue weighted by molar-refractivity contribution is 0.300. The number of hydrogen-bond donors (Lipinski definition) is 2. The predicted molar refractivity (Wildman–Crippen MR) is 66.2 cm³/mol. The quantitative estimate of drug-likeness (QED) is 0.743. The first-order chi connectivity index (χ1) is 8.11. The zero-order valence-electron chi connectivity index (χ0n) is 9.57. The van der Waals surface area contributed by atoms with Gasteiger partial charge in [-0.2, -0.15) is 4.72 Å². The summed E-state index contributed by atoms with van der Waals surface area (Å²) in [6.45, 7) is 0. The van der Waals surface area contributed by atoms with E-state index in [-0.39, 0.29) is 0 Å². The van der Waals surface area contributed by atoms with Gasteiger partial charge in [0.15, 0.2) is 0 Å². The zero-order chi connectivity index (χ0) is 11.9. The van der Waals surface area contributed by atoms with Crippen molar-refractivity contribution in [3.63, 3.8) is 0 Å². The molecule has 5 heteroatoms. The molecule has 0 atom stereocenters. The van der Waals surface area contributed by atoms with Crippen LogP contribution in [0.4, 0.5) is 5.69 Å². The Bertz CT molecular complexity index is 533. The Hall–Kier alpha value is -1.07. The van der Waals surface area contributed by atoms with Crippen LogP contribution in [0, 0.1) is 0 Å². The van der Waals surface area contributed by atoms with E-state index in [1.54, 1.807) is 12.1 Å². The minimum Gasteiger partial charge on any atom is -0.365 e. The van der Waals surface area contributed by atoms with Gasteiger partial charge in [-0.05, 0) is 37.8 Å². The molecule has 2 aliphatic rings. The van der Waals surface area contributed by atoms with Crippen molar-refractivity contribution in [3.8, 4) is 0 Å². The van der Waals surface area contributed by atoms with Crippen LogP contribution in [0.3, 0.4) is 0 Å². The van der Waals surface area contributed by atoms with Crippen LogP contribution in [-0.2, 0) is 10.0 Å². The minimum atomic E-state index is -3.36. The summed E-state index contributed by atoms with van der Waals surface area (Å²) in [4.78, 5) is 0.358. The number of para-hydroxylation sites is 1. The molecule has 0 bridgehead atoms. The first kappa shape index (κ1) is 11.0. The van der Waals surface area contributed by atoms with E-state index in [4.69, 9.17) is 0 Å². The highest BCUT2D eigenvalue weighted by Gasteiger charge is 2.41. The molecule has 0 unspecified atom stereocenters. The van der Waals surface area contributed by atoms with Gasteiger partial charge in [0, 0.05) is 0 Å². The number of anilines is 1. The second kappa shape index (κ2) is 3.71. The standard InChI is InChI=1S/C12H16N2O2S/c15-17(16)11-7-3-2-6-10(11)13-12(14-17)8-4-1-5-9-12/h2-3,6-7,13-14H,1,4-5,8-9H2. The molecule has 17 heavy (non-hydrogen) atoms. The van der Waals surface area contributed by atoms with Crippen molar-refractivity contribution in [2.45, 2.75) is 42.7 Å². The van der Waals surface area contributed by atoms with Crippen LogP contribution in [0.2, 0.25) is 0 Å². The van der Waals surface area contributed by atoms with E-state index in [0.29, 0.717) is 4.90 Å². The van der Waals surface area contributed by atoms with Gasteiger partial charge in [-0.1, -0.05) is 18.6 Å². The maximum absolute atomic E-state index is 12.2. The molecule has 0 aromatic heterocycles.